The highest BCUT2D eigenvalue weighted by Gasteiger charge is 2.69. The Morgan fingerprint density at radius 2 is 1.17 bits per heavy atom. The Morgan fingerprint density at radius 1 is 0.750 bits per heavy atom. The van der Waals surface area contributed by atoms with Crippen molar-refractivity contribution in [1.29, 1.82) is 0 Å². The maximum atomic E-state index is 12.8. The number of likely N-dealkylation sites (tertiary alicyclic amines) is 2. The molecule has 6 nitrogen and oxygen atoms in total. The molecule has 4 fully saturated rings. The minimum Gasteiger partial charge on any atom is -0.284 e. The van der Waals surface area contributed by atoms with Gasteiger partial charge in [0.15, 0.2) is 0 Å². The van der Waals surface area contributed by atoms with E-state index in [2.05, 4.69) is 6.92 Å². The van der Waals surface area contributed by atoms with Crippen molar-refractivity contribution in [2.45, 2.75) is 64.3 Å². The van der Waals surface area contributed by atoms with E-state index in [4.69, 9.17) is 0 Å². The molecule has 0 aromatic heterocycles. The number of amides is 4. The second-order valence-electron chi connectivity index (χ2n) is 8.23. The van der Waals surface area contributed by atoms with E-state index in [1.165, 1.54) is 11.9 Å². The Bertz CT molecular complexity index is 603. The van der Waals surface area contributed by atoms with Crippen molar-refractivity contribution in [3.05, 3.63) is 0 Å². The molecule has 6 heteroatoms. The highest BCUT2D eigenvalue weighted by atomic mass is 16.2. The van der Waals surface area contributed by atoms with Gasteiger partial charge in [-0.3, -0.25) is 29.0 Å². The molecule has 24 heavy (non-hydrogen) atoms. The lowest BCUT2D eigenvalue weighted by Gasteiger charge is -2.56. The number of β-lactam (4-membered cyclic amide) rings is 4. The largest absolute Gasteiger partial charge is 0.284 e. The predicted octanol–water partition coefficient (Wildman–Crippen LogP) is 1.48. The minimum absolute atomic E-state index is 0.0563. The summed E-state index contributed by atoms with van der Waals surface area (Å²) in [6, 6.07) is 0.0563. The summed E-state index contributed by atoms with van der Waals surface area (Å²) in [5, 5.41) is 0. The quantitative estimate of drug-likeness (QED) is 0.538. The molecular weight excluding hydrogens is 308 g/mol. The monoisotopic (exact) mass is 332 g/mol. The molecule has 0 bridgehead atoms. The van der Waals surface area contributed by atoms with Gasteiger partial charge in [-0.1, -0.05) is 6.92 Å². The van der Waals surface area contributed by atoms with Gasteiger partial charge >= 0.3 is 0 Å². The lowest BCUT2D eigenvalue weighted by Crippen LogP contribution is -2.73. The predicted molar refractivity (Wildman–Crippen MR) is 84.4 cm³/mol. The Labute approximate surface area is 141 Å². The molecule has 4 amide bonds. The second-order valence-corrected chi connectivity index (χ2v) is 8.23. The van der Waals surface area contributed by atoms with Gasteiger partial charge in [0.05, 0.1) is 0 Å². The van der Waals surface area contributed by atoms with Crippen LogP contribution in [0.4, 0.5) is 0 Å². The summed E-state index contributed by atoms with van der Waals surface area (Å²) in [6.07, 6.45) is 5.29. The number of carbonyl (C=O) groups excluding carboxylic acids is 4. The maximum absolute atomic E-state index is 12.8. The van der Waals surface area contributed by atoms with Crippen LogP contribution in [-0.4, -0.2) is 46.5 Å². The lowest BCUT2D eigenvalue weighted by atomic mass is 9.56. The van der Waals surface area contributed by atoms with Gasteiger partial charge in [-0.05, 0) is 57.3 Å². The van der Waals surface area contributed by atoms with E-state index >= 15 is 0 Å². The van der Waals surface area contributed by atoms with Crippen LogP contribution in [0.2, 0.25) is 0 Å². The summed E-state index contributed by atoms with van der Waals surface area (Å²) >= 11 is 0. The number of carbonyl (C=O) groups is 4. The van der Waals surface area contributed by atoms with Crippen LogP contribution in [0.1, 0.15) is 58.3 Å². The number of hydrogen-bond acceptors (Lipinski definition) is 4. The fourth-order valence-corrected chi connectivity index (χ4v) is 5.16. The zero-order valence-corrected chi connectivity index (χ0v) is 14.3. The Morgan fingerprint density at radius 3 is 1.62 bits per heavy atom. The summed E-state index contributed by atoms with van der Waals surface area (Å²) in [5.74, 6) is 0.243. The normalized spacial score (nSPS) is 34.6. The van der Waals surface area contributed by atoms with Gasteiger partial charge in [0.1, 0.15) is 10.8 Å². The zero-order chi connectivity index (χ0) is 17.3. The highest BCUT2D eigenvalue weighted by Crippen LogP contribution is 2.56. The number of hydrogen-bond donors (Lipinski definition) is 0. The third kappa shape index (κ3) is 1.72. The number of imide groups is 2. The van der Waals surface area contributed by atoms with Crippen molar-refractivity contribution >= 4 is 23.6 Å². The molecule has 2 saturated carbocycles. The van der Waals surface area contributed by atoms with Crippen LogP contribution >= 0.6 is 0 Å². The molecule has 2 aliphatic carbocycles. The molecule has 2 heterocycles. The average molecular weight is 332 g/mol. The Balaban J connectivity index is 1.45. The summed E-state index contributed by atoms with van der Waals surface area (Å²) in [5.41, 5.74) is -1.88. The maximum Gasteiger partial charge on any atom is 0.245 e. The first-order chi connectivity index (χ1) is 11.3. The van der Waals surface area contributed by atoms with Gasteiger partial charge in [-0.2, -0.15) is 0 Å². The fraction of sp³-hybridized carbons (Fsp3) is 0.778. The van der Waals surface area contributed by atoms with Crippen LogP contribution < -0.4 is 0 Å². The summed E-state index contributed by atoms with van der Waals surface area (Å²) < 4.78 is 0. The molecule has 0 N–H and O–H groups in total. The molecule has 4 rings (SSSR count). The van der Waals surface area contributed by atoms with Crippen LogP contribution in [0, 0.1) is 16.7 Å². The molecule has 0 radical (unpaired) electrons. The summed E-state index contributed by atoms with van der Waals surface area (Å²) in [7, 11) is 1.49. The van der Waals surface area contributed by atoms with Gasteiger partial charge in [-0.25, -0.2) is 0 Å². The highest BCUT2D eigenvalue weighted by molar-refractivity contribution is 6.24. The molecule has 2 saturated heterocycles. The van der Waals surface area contributed by atoms with Gasteiger partial charge in [0.2, 0.25) is 23.6 Å². The van der Waals surface area contributed by atoms with Crippen LogP contribution in [0.25, 0.3) is 0 Å². The van der Waals surface area contributed by atoms with E-state index in [1.54, 1.807) is 0 Å². The first-order valence-electron chi connectivity index (χ1n) is 9.04. The van der Waals surface area contributed by atoms with Gasteiger partial charge in [0, 0.05) is 13.1 Å². The molecule has 0 atom stereocenters. The summed E-state index contributed by atoms with van der Waals surface area (Å²) in [6.45, 7) is 2.21. The van der Waals surface area contributed by atoms with Crippen LogP contribution in [0.15, 0.2) is 0 Å². The topological polar surface area (TPSA) is 74.8 Å². The minimum atomic E-state index is -0.943. The van der Waals surface area contributed by atoms with Crippen LogP contribution in [-0.2, 0) is 19.2 Å². The van der Waals surface area contributed by atoms with Crippen molar-refractivity contribution in [2.75, 3.05) is 7.05 Å². The van der Waals surface area contributed by atoms with Gasteiger partial charge in [-0.15, -0.1) is 0 Å². The molecule has 2 aliphatic heterocycles. The molecule has 4 aliphatic rings. The molecule has 0 aromatic rings. The van der Waals surface area contributed by atoms with Crippen LogP contribution in [0.5, 0.6) is 0 Å². The van der Waals surface area contributed by atoms with E-state index < -0.39 is 10.8 Å². The van der Waals surface area contributed by atoms with E-state index in [9.17, 15) is 19.2 Å². The molecule has 2 spiro atoms. The van der Waals surface area contributed by atoms with Crippen molar-refractivity contribution in [3.63, 3.8) is 0 Å². The van der Waals surface area contributed by atoms with Crippen molar-refractivity contribution in [3.8, 4) is 0 Å². The Hall–Kier alpha value is -1.72. The Kier molecular flexibility index (Phi) is 3.22. The number of nitrogens with zero attached hydrogens (tertiary/aromatic N) is 2. The number of rotatable bonds is 1. The van der Waals surface area contributed by atoms with Gasteiger partial charge in [0.25, 0.3) is 0 Å². The van der Waals surface area contributed by atoms with Crippen molar-refractivity contribution in [2.24, 2.45) is 16.7 Å². The second kappa shape index (κ2) is 4.90. The molecular formula is C18H24N2O4. The SMILES string of the molecule is CC1CCC(N2C(=O)C3(CCC4(CC3)C(=O)N(C)C4=O)C2=O)CC1. The third-order valence-corrected chi connectivity index (χ3v) is 6.99. The van der Waals surface area contributed by atoms with Crippen molar-refractivity contribution in [1.82, 2.24) is 9.80 Å². The first kappa shape index (κ1) is 15.8. The zero-order valence-electron chi connectivity index (χ0n) is 14.3. The molecule has 130 valence electrons. The average Bonchev–Trinajstić information content (AvgIpc) is 2.62. The van der Waals surface area contributed by atoms with E-state index in [0.717, 1.165) is 30.6 Å². The van der Waals surface area contributed by atoms with Gasteiger partial charge < -0.3 is 0 Å². The van der Waals surface area contributed by atoms with E-state index in [1.807, 2.05) is 0 Å². The first-order valence-corrected chi connectivity index (χ1v) is 9.04. The van der Waals surface area contributed by atoms with Crippen LogP contribution in [0.3, 0.4) is 0 Å². The lowest BCUT2D eigenvalue weighted by molar-refractivity contribution is -0.195. The fourth-order valence-electron chi connectivity index (χ4n) is 5.16. The molecule has 0 unspecified atom stereocenters. The van der Waals surface area contributed by atoms with E-state index in [-0.39, 0.29) is 29.7 Å². The van der Waals surface area contributed by atoms with Crippen molar-refractivity contribution < 1.29 is 19.2 Å². The summed E-state index contributed by atoms with van der Waals surface area (Å²) in [4.78, 5) is 52.4. The van der Waals surface area contributed by atoms with E-state index in [0.29, 0.717) is 31.6 Å². The third-order valence-electron chi connectivity index (χ3n) is 6.99. The standard InChI is InChI=1S/C18H24N2O4/c1-11-3-5-12(6-4-11)20-15(23)18(16(20)24)9-7-17(8-10-18)13(21)19(2)14(17)22/h11-12H,3-10H2,1-2H3. The smallest absolute Gasteiger partial charge is 0.245 e. The molecule has 0 aromatic carbocycles.